The number of hydrogen-bond donors (Lipinski definition) is 2. The topological polar surface area (TPSA) is 108 Å². The second-order valence-electron chi connectivity index (χ2n) is 7.44. The maximum atomic E-state index is 12.7. The van der Waals surface area contributed by atoms with Gasteiger partial charge in [0.25, 0.3) is 5.91 Å². The van der Waals surface area contributed by atoms with E-state index >= 15 is 0 Å². The summed E-state index contributed by atoms with van der Waals surface area (Å²) in [5.41, 5.74) is 9.52. The van der Waals surface area contributed by atoms with Crippen LogP contribution in [0.15, 0.2) is 18.3 Å². The summed E-state index contributed by atoms with van der Waals surface area (Å²) in [6.07, 6.45) is 7.38. The summed E-state index contributed by atoms with van der Waals surface area (Å²) >= 11 is 0. The Kier molecular flexibility index (Phi) is 5.27. The minimum absolute atomic E-state index is 0.156. The predicted molar refractivity (Wildman–Crippen MR) is 105 cm³/mol. The molecule has 2 aromatic heterocycles. The largest absolute Gasteiger partial charge is 0.365 e. The SMILES string of the molecule is NC(=O)c1cccnc1N1CCN(C(=O)CCc2n[nH]c3c2CCCC3)CC1. The van der Waals surface area contributed by atoms with E-state index in [4.69, 9.17) is 5.73 Å². The number of fused-ring (bicyclic) bond motifs is 1. The first kappa shape index (κ1) is 18.5. The number of hydrogen-bond acceptors (Lipinski definition) is 5. The normalized spacial score (nSPS) is 16.7. The van der Waals surface area contributed by atoms with Gasteiger partial charge in [-0.05, 0) is 43.4 Å². The quantitative estimate of drug-likeness (QED) is 0.804. The number of anilines is 1. The Bertz CT molecular complexity index is 869. The van der Waals surface area contributed by atoms with Gasteiger partial charge in [0.1, 0.15) is 5.82 Å². The van der Waals surface area contributed by atoms with Gasteiger partial charge in [-0.1, -0.05) is 0 Å². The van der Waals surface area contributed by atoms with Gasteiger partial charge in [0.15, 0.2) is 0 Å². The first-order valence-corrected chi connectivity index (χ1v) is 9.96. The van der Waals surface area contributed by atoms with Crippen molar-refractivity contribution in [2.45, 2.75) is 38.5 Å². The van der Waals surface area contributed by atoms with E-state index in [2.05, 4.69) is 15.2 Å². The Balaban J connectivity index is 1.32. The summed E-state index contributed by atoms with van der Waals surface area (Å²) in [5, 5.41) is 7.58. The number of aryl methyl sites for hydroxylation is 2. The van der Waals surface area contributed by atoms with E-state index in [9.17, 15) is 9.59 Å². The lowest BCUT2D eigenvalue weighted by atomic mass is 9.94. The molecule has 0 aromatic carbocycles. The molecule has 2 amide bonds. The van der Waals surface area contributed by atoms with Crippen molar-refractivity contribution >= 4 is 17.6 Å². The van der Waals surface area contributed by atoms with E-state index in [0.29, 0.717) is 50.4 Å². The standard InChI is InChI=1S/C20H26N6O2/c21-19(28)15-5-3-9-22-20(15)26-12-10-25(11-13-26)18(27)8-7-17-14-4-1-2-6-16(14)23-24-17/h3,5,9H,1-2,4,6-8,10-13H2,(H2,21,28)(H,23,24). The Hall–Kier alpha value is -2.90. The van der Waals surface area contributed by atoms with Crippen molar-refractivity contribution in [2.75, 3.05) is 31.1 Å². The molecule has 4 rings (SSSR count). The molecule has 8 heteroatoms. The third-order valence-corrected chi connectivity index (χ3v) is 5.70. The molecular weight excluding hydrogens is 356 g/mol. The fraction of sp³-hybridized carbons (Fsp3) is 0.500. The van der Waals surface area contributed by atoms with Gasteiger partial charge in [-0.15, -0.1) is 0 Å². The number of rotatable bonds is 5. The number of carbonyl (C=O) groups is 2. The molecule has 0 atom stereocenters. The molecular formula is C20H26N6O2. The molecule has 2 aromatic rings. The Morgan fingerprint density at radius 1 is 1.14 bits per heavy atom. The lowest BCUT2D eigenvalue weighted by Gasteiger charge is -2.36. The number of aromatic nitrogens is 3. The van der Waals surface area contributed by atoms with Crippen LogP contribution < -0.4 is 10.6 Å². The molecule has 3 N–H and O–H groups in total. The number of pyridine rings is 1. The molecule has 0 radical (unpaired) electrons. The predicted octanol–water partition coefficient (Wildman–Crippen LogP) is 1.06. The highest BCUT2D eigenvalue weighted by Crippen LogP contribution is 2.23. The molecule has 8 nitrogen and oxygen atoms in total. The van der Waals surface area contributed by atoms with Crippen LogP contribution in [0.25, 0.3) is 0 Å². The number of primary amides is 1. The number of nitrogens with one attached hydrogen (secondary N) is 1. The van der Waals surface area contributed by atoms with Crippen molar-refractivity contribution in [1.29, 1.82) is 0 Å². The van der Waals surface area contributed by atoms with Gasteiger partial charge in [0.05, 0.1) is 11.3 Å². The fourth-order valence-electron chi connectivity index (χ4n) is 4.15. The molecule has 0 spiro atoms. The van der Waals surface area contributed by atoms with Gasteiger partial charge in [0.2, 0.25) is 5.91 Å². The van der Waals surface area contributed by atoms with Crippen LogP contribution in [0.4, 0.5) is 5.82 Å². The third-order valence-electron chi connectivity index (χ3n) is 5.70. The fourth-order valence-corrected chi connectivity index (χ4v) is 4.15. The molecule has 148 valence electrons. The van der Waals surface area contributed by atoms with Crippen molar-refractivity contribution in [3.8, 4) is 0 Å². The number of amides is 2. The Labute approximate surface area is 164 Å². The summed E-state index contributed by atoms with van der Waals surface area (Å²) in [4.78, 5) is 32.5. The molecule has 3 heterocycles. The lowest BCUT2D eigenvalue weighted by molar-refractivity contribution is -0.131. The van der Waals surface area contributed by atoms with E-state index in [1.807, 2.05) is 9.80 Å². The molecule has 1 fully saturated rings. The maximum absolute atomic E-state index is 12.7. The van der Waals surface area contributed by atoms with E-state index in [1.165, 1.54) is 24.1 Å². The molecule has 2 aliphatic rings. The van der Waals surface area contributed by atoms with E-state index in [0.717, 1.165) is 18.5 Å². The molecule has 0 bridgehead atoms. The second-order valence-corrected chi connectivity index (χ2v) is 7.44. The number of nitrogens with zero attached hydrogens (tertiary/aromatic N) is 4. The highest BCUT2D eigenvalue weighted by molar-refractivity contribution is 5.97. The molecule has 1 aliphatic heterocycles. The van der Waals surface area contributed by atoms with Crippen LogP contribution in [0.2, 0.25) is 0 Å². The van der Waals surface area contributed by atoms with Gasteiger partial charge in [-0.3, -0.25) is 14.7 Å². The average molecular weight is 382 g/mol. The summed E-state index contributed by atoms with van der Waals surface area (Å²) in [6, 6.07) is 3.39. The summed E-state index contributed by atoms with van der Waals surface area (Å²) in [5.74, 6) is 0.276. The van der Waals surface area contributed by atoms with E-state index in [-0.39, 0.29) is 5.91 Å². The first-order chi connectivity index (χ1) is 13.6. The molecule has 1 aliphatic carbocycles. The van der Waals surface area contributed by atoms with E-state index < -0.39 is 5.91 Å². The minimum atomic E-state index is -0.482. The van der Waals surface area contributed by atoms with Crippen LogP contribution in [0.5, 0.6) is 0 Å². The van der Waals surface area contributed by atoms with Gasteiger partial charge < -0.3 is 15.5 Å². The van der Waals surface area contributed by atoms with Crippen LogP contribution in [0.3, 0.4) is 0 Å². The average Bonchev–Trinajstić information content (AvgIpc) is 3.15. The zero-order chi connectivity index (χ0) is 19.5. The number of aromatic amines is 1. The highest BCUT2D eigenvalue weighted by Gasteiger charge is 2.25. The Morgan fingerprint density at radius 3 is 2.71 bits per heavy atom. The van der Waals surface area contributed by atoms with Crippen molar-refractivity contribution in [3.63, 3.8) is 0 Å². The summed E-state index contributed by atoms with van der Waals surface area (Å²) in [6.45, 7) is 2.51. The monoisotopic (exact) mass is 382 g/mol. The van der Waals surface area contributed by atoms with Crippen molar-refractivity contribution in [3.05, 3.63) is 40.8 Å². The molecule has 1 saturated heterocycles. The third kappa shape index (κ3) is 3.72. The van der Waals surface area contributed by atoms with Gasteiger partial charge >= 0.3 is 0 Å². The number of nitrogens with two attached hydrogens (primary N) is 1. The summed E-state index contributed by atoms with van der Waals surface area (Å²) < 4.78 is 0. The minimum Gasteiger partial charge on any atom is -0.365 e. The molecule has 0 saturated carbocycles. The lowest BCUT2D eigenvalue weighted by Crippen LogP contribution is -2.49. The number of H-pyrrole nitrogens is 1. The zero-order valence-corrected chi connectivity index (χ0v) is 16.0. The number of carbonyl (C=O) groups excluding carboxylic acids is 2. The maximum Gasteiger partial charge on any atom is 0.252 e. The Morgan fingerprint density at radius 2 is 1.93 bits per heavy atom. The van der Waals surface area contributed by atoms with Gasteiger partial charge in [0, 0.05) is 50.9 Å². The van der Waals surface area contributed by atoms with Gasteiger partial charge in [-0.2, -0.15) is 5.10 Å². The van der Waals surface area contributed by atoms with E-state index in [1.54, 1.807) is 18.3 Å². The zero-order valence-electron chi connectivity index (χ0n) is 16.0. The molecule has 28 heavy (non-hydrogen) atoms. The summed E-state index contributed by atoms with van der Waals surface area (Å²) in [7, 11) is 0. The van der Waals surface area contributed by atoms with Gasteiger partial charge in [-0.25, -0.2) is 4.98 Å². The van der Waals surface area contributed by atoms with Crippen LogP contribution in [0, 0.1) is 0 Å². The van der Waals surface area contributed by atoms with Crippen molar-refractivity contribution < 1.29 is 9.59 Å². The second kappa shape index (κ2) is 8.00. The van der Waals surface area contributed by atoms with Crippen LogP contribution in [-0.2, 0) is 24.1 Å². The smallest absolute Gasteiger partial charge is 0.252 e. The number of piperazine rings is 1. The van der Waals surface area contributed by atoms with Crippen molar-refractivity contribution in [2.24, 2.45) is 5.73 Å². The van der Waals surface area contributed by atoms with Crippen LogP contribution >= 0.6 is 0 Å². The molecule has 0 unspecified atom stereocenters. The van der Waals surface area contributed by atoms with Crippen LogP contribution in [0.1, 0.15) is 46.6 Å². The highest BCUT2D eigenvalue weighted by atomic mass is 16.2. The first-order valence-electron chi connectivity index (χ1n) is 9.96. The van der Waals surface area contributed by atoms with Crippen LogP contribution in [-0.4, -0.2) is 58.1 Å². The van der Waals surface area contributed by atoms with Crippen molar-refractivity contribution in [1.82, 2.24) is 20.1 Å².